The molecule has 0 heterocycles. The first kappa shape index (κ1) is 15.1. The van der Waals surface area contributed by atoms with Gasteiger partial charge in [0.05, 0.1) is 6.04 Å². The summed E-state index contributed by atoms with van der Waals surface area (Å²) in [6.07, 6.45) is 0.972. The highest BCUT2D eigenvalue weighted by molar-refractivity contribution is 5.85. The van der Waals surface area contributed by atoms with Gasteiger partial charge < -0.3 is 5.73 Å². The van der Waals surface area contributed by atoms with Gasteiger partial charge in [-0.05, 0) is 5.92 Å². The van der Waals surface area contributed by atoms with Crippen LogP contribution in [0.5, 0.6) is 0 Å². The molecule has 0 saturated heterocycles. The first-order valence-corrected chi connectivity index (χ1v) is 5.30. The Morgan fingerprint density at radius 1 is 1.31 bits per heavy atom. The Hall–Kier alpha value is -0.370. The monoisotopic (exact) mass is 189 g/mol. The largest absolute Gasteiger partial charge is 0.321 e. The van der Waals surface area contributed by atoms with E-state index in [0.29, 0.717) is 5.92 Å². The van der Waals surface area contributed by atoms with Crippen molar-refractivity contribution in [3.05, 3.63) is 0 Å². The minimum atomic E-state index is -0.264. The maximum atomic E-state index is 11.3. The highest BCUT2D eigenvalue weighted by atomic mass is 16.1. The van der Waals surface area contributed by atoms with Crippen LogP contribution in [0.3, 0.4) is 0 Å². The fourth-order valence-corrected chi connectivity index (χ4v) is 0.919. The number of hydrogen-bond acceptors (Lipinski definition) is 2. The number of hydrogen-bond donors (Lipinski definition) is 1. The average Bonchev–Trinajstić information content (AvgIpc) is 2.17. The summed E-state index contributed by atoms with van der Waals surface area (Å²) in [5.74, 6) is 0.559. The number of carbonyl (C=O) groups is 1. The normalized spacial score (nSPS) is 14.5. The summed E-state index contributed by atoms with van der Waals surface area (Å²) in [5.41, 5.74) is 5.72. The standard InChI is InChI=1S/C9H19NO.C2H6.H2/c1-5-7(4)8(10)9(11)6(2)3;1-2;/h6-8H,5,10H2,1-4H3;1-2H3;1H. The van der Waals surface area contributed by atoms with Gasteiger partial charge in [-0.15, -0.1) is 0 Å². The Bertz CT molecular complexity index is 137. The van der Waals surface area contributed by atoms with E-state index in [1.54, 1.807) is 0 Å². The molecule has 0 aromatic carbocycles. The highest BCUT2D eigenvalue weighted by Gasteiger charge is 2.21. The molecule has 13 heavy (non-hydrogen) atoms. The molecule has 0 radical (unpaired) electrons. The third-order valence-corrected chi connectivity index (χ3v) is 2.15. The zero-order valence-electron chi connectivity index (χ0n) is 9.92. The number of Topliss-reactive ketones (excluding diaryl/α,β-unsaturated/α-hetero) is 1. The van der Waals surface area contributed by atoms with Crippen molar-refractivity contribution >= 4 is 5.78 Å². The van der Waals surface area contributed by atoms with Crippen LogP contribution in [-0.4, -0.2) is 11.8 Å². The fourth-order valence-electron chi connectivity index (χ4n) is 0.919. The van der Waals surface area contributed by atoms with Crippen LogP contribution in [0.4, 0.5) is 0 Å². The van der Waals surface area contributed by atoms with E-state index in [4.69, 9.17) is 5.73 Å². The molecular formula is C11H27NO. The van der Waals surface area contributed by atoms with Gasteiger partial charge in [0.15, 0.2) is 5.78 Å². The average molecular weight is 189 g/mol. The first-order valence-electron chi connectivity index (χ1n) is 5.30. The van der Waals surface area contributed by atoms with Crippen LogP contribution in [0.25, 0.3) is 0 Å². The Morgan fingerprint density at radius 2 is 1.69 bits per heavy atom. The van der Waals surface area contributed by atoms with Crippen LogP contribution in [0.15, 0.2) is 0 Å². The Labute approximate surface area is 84.4 Å². The van der Waals surface area contributed by atoms with Gasteiger partial charge >= 0.3 is 0 Å². The van der Waals surface area contributed by atoms with Crippen LogP contribution < -0.4 is 5.73 Å². The molecule has 2 heteroatoms. The van der Waals surface area contributed by atoms with Gasteiger partial charge in [0, 0.05) is 7.34 Å². The number of rotatable bonds is 4. The SMILES string of the molecule is CC.CCC(C)C(N)C(=O)C(C)C.[HH]. The number of nitrogens with two attached hydrogens (primary N) is 1. The van der Waals surface area contributed by atoms with Crippen LogP contribution >= 0.6 is 0 Å². The molecule has 2 unspecified atom stereocenters. The van der Waals surface area contributed by atoms with E-state index < -0.39 is 0 Å². The van der Waals surface area contributed by atoms with Crippen molar-refractivity contribution in [3.8, 4) is 0 Å². The lowest BCUT2D eigenvalue weighted by Crippen LogP contribution is -2.39. The molecule has 0 aromatic rings. The summed E-state index contributed by atoms with van der Waals surface area (Å²) in [5, 5.41) is 0. The molecule has 0 aromatic heterocycles. The van der Waals surface area contributed by atoms with Crippen molar-refractivity contribution in [2.75, 3.05) is 0 Å². The minimum Gasteiger partial charge on any atom is -0.321 e. The lowest BCUT2D eigenvalue weighted by Gasteiger charge is -2.18. The molecule has 0 rings (SSSR count). The molecule has 0 aliphatic carbocycles. The minimum absolute atomic E-state index is 0. The Kier molecular flexibility index (Phi) is 9.58. The maximum absolute atomic E-state index is 11.3. The predicted molar refractivity (Wildman–Crippen MR) is 60.7 cm³/mol. The second kappa shape index (κ2) is 8.24. The smallest absolute Gasteiger partial charge is 0.152 e. The summed E-state index contributed by atoms with van der Waals surface area (Å²) >= 11 is 0. The summed E-state index contributed by atoms with van der Waals surface area (Å²) in [4.78, 5) is 11.3. The molecular weight excluding hydrogens is 162 g/mol. The quantitative estimate of drug-likeness (QED) is 0.739. The van der Waals surface area contributed by atoms with E-state index in [1.165, 1.54) is 0 Å². The number of ketones is 1. The van der Waals surface area contributed by atoms with Crippen molar-refractivity contribution in [1.82, 2.24) is 0 Å². The zero-order chi connectivity index (χ0) is 11.0. The molecule has 2 nitrogen and oxygen atoms in total. The molecule has 2 atom stereocenters. The van der Waals surface area contributed by atoms with Crippen LogP contribution in [-0.2, 0) is 4.79 Å². The van der Waals surface area contributed by atoms with Gasteiger partial charge in [0.25, 0.3) is 0 Å². The maximum Gasteiger partial charge on any atom is 0.152 e. The lowest BCUT2D eigenvalue weighted by atomic mass is 9.91. The second-order valence-corrected chi connectivity index (χ2v) is 3.47. The predicted octanol–water partition coefficient (Wildman–Crippen LogP) is 2.86. The van der Waals surface area contributed by atoms with Crippen LogP contribution in [0.1, 0.15) is 49.4 Å². The fraction of sp³-hybridized carbons (Fsp3) is 0.909. The van der Waals surface area contributed by atoms with Gasteiger partial charge in [0.1, 0.15) is 0 Å². The molecule has 0 spiro atoms. The summed E-state index contributed by atoms with van der Waals surface area (Å²) in [6, 6.07) is -0.264. The molecule has 0 aliphatic rings. The van der Waals surface area contributed by atoms with E-state index >= 15 is 0 Å². The van der Waals surface area contributed by atoms with Crippen molar-refractivity contribution in [2.24, 2.45) is 17.6 Å². The summed E-state index contributed by atoms with van der Waals surface area (Å²) in [6.45, 7) is 11.9. The summed E-state index contributed by atoms with van der Waals surface area (Å²) in [7, 11) is 0. The van der Waals surface area contributed by atoms with Crippen molar-refractivity contribution < 1.29 is 6.22 Å². The van der Waals surface area contributed by atoms with E-state index in [0.717, 1.165) is 6.42 Å². The molecule has 0 bridgehead atoms. The molecule has 0 aliphatic heterocycles. The van der Waals surface area contributed by atoms with E-state index in [2.05, 4.69) is 6.92 Å². The van der Waals surface area contributed by atoms with Crippen molar-refractivity contribution in [3.63, 3.8) is 0 Å². The van der Waals surface area contributed by atoms with E-state index in [-0.39, 0.29) is 19.2 Å². The molecule has 0 amide bonds. The molecule has 0 fully saturated rings. The highest BCUT2D eigenvalue weighted by Crippen LogP contribution is 2.10. The van der Waals surface area contributed by atoms with Gasteiger partial charge in [0.2, 0.25) is 0 Å². The number of carbonyl (C=O) groups excluding carboxylic acids is 1. The van der Waals surface area contributed by atoms with Gasteiger partial charge in [-0.1, -0.05) is 48.0 Å². The first-order chi connectivity index (χ1) is 6.00. The molecule has 2 N–H and O–H groups in total. The van der Waals surface area contributed by atoms with Gasteiger partial charge in [-0.3, -0.25) is 4.79 Å². The second-order valence-electron chi connectivity index (χ2n) is 3.47. The third kappa shape index (κ3) is 5.81. The van der Waals surface area contributed by atoms with E-state index in [1.807, 2.05) is 34.6 Å². The van der Waals surface area contributed by atoms with Gasteiger partial charge in [-0.25, -0.2) is 0 Å². The van der Waals surface area contributed by atoms with Crippen LogP contribution in [0, 0.1) is 11.8 Å². The summed E-state index contributed by atoms with van der Waals surface area (Å²) < 4.78 is 0. The van der Waals surface area contributed by atoms with Crippen molar-refractivity contribution in [1.29, 1.82) is 0 Å². The van der Waals surface area contributed by atoms with E-state index in [9.17, 15) is 4.79 Å². The van der Waals surface area contributed by atoms with Gasteiger partial charge in [-0.2, -0.15) is 0 Å². The molecule has 0 saturated carbocycles. The van der Waals surface area contributed by atoms with Crippen molar-refractivity contribution in [2.45, 2.75) is 54.0 Å². The topological polar surface area (TPSA) is 43.1 Å². The Balaban J connectivity index is -0.000000376. The molecule has 82 valence electrons. The Morgan fingerprint density at radius 3 is 1.92 bits per heavy atom. The zero-order valence-corrected chi connectivity index (χ0v) is 9.92. The third-order valence-electron chi connectivity index (χ3n) is 2.15. The van der Waals surface area contributed by atoms with Crippen LogP contribution in [0.2, 0.25) is 0 Å². The lowest BCUT2D eigenvalue weighted by molar-refractivity contribution is -0.124.